The van der Waals surface area contributed by atoms with Crippen molar-refractivity contribution in [3.63, 3.8) is 0 Å². The Morgan fingerprint density at radius 3 is 2.29 bits per heavy atom. The highest BCUT2D eigenvalue weighted by atomic mass is 16.5. The predicted molar refractivity (Wildman–Crippen MR) is 173 cm³/mol. The number of aromatic nitrogens is 8. The monoisotopic (exact) mass is 604 g/mol. The summed E-state index contributed by atoms with van der Waals surface area (Å²) in [4.78, 5) is 32.8. The van der Waals surface area contributed by atoms with E-state index in [1.807, 2.05) is 59.2 Å². The highest BCUT2D eigenvalue weighted by Gasteiger charge is 2.24. The molecular formula is C34H36N8O3. The number of aromatic amines is 1. The van der Waals surface area contributed by atoms with Gasteiger partial charge in [-0.1, -0.05) is 92.2 Å². The molecule has 6 rings (SSSR count). The van der Waals surface area contributed by atoms with Crippen molar-refractivity contribution in [2.75, 3.05) is 7.11 Å². The third-order valence-electron chi connectivity index (χ3n) is 8.19. The van der Waals surface area contributed by atoms with Crippen molar-refractivity contribution in [2.45, 2.75) is 58.8 Å². The number of aryl methyl sites for hydroxylation is 3. The topological polar surface area (TPSA) is 126 Å². The van der Waals surface area contributed by atoms with Crippen molar-refractivity contribution < 1.29 is 4.74 Å². The van der Waals surface area contributed by atoms with E-state index in [-0.39, 0.29) is 0 Å². The van der Waals surface area contributed by atoms with Gasteiger partial charge in [-0.15, -0.1) is 10.2 Å². The van der Waals surface area contributed by atoms with E-state index < -0.39 is 17.5 Å². The second kappa shape index (κ2) is 13.2. The zero-order chi connectivity index (χ0) is 31.3. The Labute approximate surface area is 260 Å². The van der Waals surface area contributed by atoms with Crippen LogP contribution in [-0.4, -0.2) is 46.4 Å². The lowest BCUT2D eigenvalue weighted by atomic mass is 9.98. The maximum Gasteiger partial charge on any atom is 0.334 e. The highest BCUT2D eigenvalue weighted by Crippen LogP contribution is 2.30. The average Bonchev–Trinajstić information content (AvgIpc) is 3.73. The zero-order valence-corrected chi connectivity index (χ0v) is 25.7. The van der Waals surface area contributed by atoms with Crippen LogP contribution in [0.4, 0.5) is 0 Å². The Morgan fingerprint density at radius 1 is 0.867 bits per heavy atom. The first-order valence-corrected chi connectivity index (χ1v) is 15.2. The molecule has 0 spiro atoms. The summed E-state index contributed by atoms with van der Waals surface area (Å²) in [6, 6.07) is 26.1. The van der Waals surface area contributed by atoms with Crippen molar-refractivity contribution in [1.82, 2.24) is 39.3 Å². The molecule has 11 heteroatoms. The molecule has 1 atom stereocenters. The van der Waals surface area contributed by atoms with Gasteiger partial charge in [0.1, 0.15) is 12.1 Å². The van der Waals surface area contributed by atoms with E-state index in [2.05, 4.69) is 51.8 Å². The number of tetrazole rings is 1. The fraction of sp³-hybridized carbons (Fsp3) is 0.294. The second-order valence-electron chi connectivity index (χ2n) is 11.0. The minimum absolute atomic E-state index is 0.384. The van der Waals surface area contributed by atoms with Crippen LogP contribution in [0.15, 0.2) is 88.5 Å². The van der Waals surface area contributed by atoms with E-state index in [9.17, 15) is 9.59 Å². The summed E-state index contributed by atoms with van der Waals surface area (Å²) < 4.78 is 10.3. The molecule has 45 heavy (non-hydrogen) atoms. The number of nitrogens with zero attached hydrogens (tertiary/aromatic N) is 7. The Kier molecular flexibility index (Phi) is 8.79. The number of methoxy groups -OCH3 is 1. The third-order valence-corrected chi connectivity index (χ3v) is 8.19. The lowest BCUT2D eigenvalue weighted by Crippen LogP contribution is -2.43. The van der Waals surface area contributed by atoms with Gasteiger partial charge in [-0.3, -0.25) is 9.36 Å². The van der Waals surface area contributed by atoms with Gasteiger partial charge in [-0.2, -0.15) is 5.21 Å². The fourth-order valence-corrected chi connectivity index (χ4v) is 5.69. The van der Waals surface area contributed by atoms with Gasteiger partial charge in [-0.05, 0) is 47.2 Å². The molecule has 0 amide bonds. The van der Waals surface area contributed by atoms with Crippen LogP contribution in [-0.2, 0) is 30.7 Å². The van der Waals surface area contributed by atoms with Crippen molar-refractivity contribution >= 4 is 11.2 Å². The number of benzene rings is 3. The van der Waals surface area contributed by atoms with E-state index in [1.165, 1.54) is 11.7 Å². The number of nitrogens with one attached hydrogen (secondary N) is 1. The normalized spacial score (nSPS) is 12.2. The van der Waals surface area contributed by atoms with Gasteiger partial charge in [0.15, 0.2) is 11.2 Å². The van der Waals surface area contributed by atoms with Gasteiger partial charge < -0.3 is 9.30 Å². The lowest BCUT2D eigenvalue weighted by molar-refractivity contribution is 0.0530. The van der Waals surface area contributed by atoms with Gasteiger partial charge in [0, 0.05) is 32.2 Å². The minimum Gasteiger partial charge on any atom is -0.361 e. The van der Waals surface area contributed by atoms with Crippen LogP contribution in [0.3, 0.4) is 0 Å². The Balaban J connectivity index is 1.44. The number of H-pyrrole nitrogens is 1. The van der Waals surface area contributed by atoms with Crippen LogP contribution in [0, 0.1) is 0 Å². The van der Waals surface area contributed by atoms with E-state index in [4.69, 9.17) is 9.72 Å². The van der Waals surface area contributed by atoms with Crippen LogP contribution >= 0.6 is 0 Å². The predicted octanol–water partition coefficient (Wildman–Crippen LogP) is 5.01. The standard InChI is InChI=1S/C34H36N8O3/c1-4-5-15-29-35-32-30(33(43)42(23(2)45-3)34(44)40(32)21-20-24-11-7-6-8-12-24)41(29)22-25-16-18-26(19-17-25)27-13-9-10-14-28(27)31-36-38-39-37-31/h6-14,16-19,23H,4-5,15,20-22H2,1-3H3,(H,36,37,38,39). The second-order valence-corrected chi connectivity index (χ2v) is 11.0. The van der Waals surface area contributed by atoms with E-state index >= 15 is 0 Å². The molecule has 3 aromatic heterocycles. The molecular weight excluding hydrogens is 568 g/mol. The largest absolute Gasteiger partial charge is 0.361 e. The zero-order valence-electron chi connectivity index (χ0n) is 25.7. The molecule has 0 radical (unpaired) electrons. The summed E-state index contributed by atoms with van der Waals surface area (Å²) >= 11 is 0. The Hall–Kier alpha value is -5.16. The van der Waals surface area contributed by atoms with Gasteiger partial charge in [0.25, 0.3) is 5.56 Å². The molecule has 1 N–H and O–H groups in total. The number of rotatable bonds is 12. The summed E-state index contributed by atoms with van der Waals surface area (Å²) in [7, 11) is 1.50. The van der Waals surface area contributed by atoms with Crippen LogP contribution in [0.5, 0.6) is 0 Å². The molecule has 3 heterocycles. The third kappa shape index (κ3) is 5.99. The number of imidazole rings is 1. The molecule has 0 bridgehead atoms. The van der Waals surface area contributed by atoms with Crippen LogP contribution in [0.25, 0.3) is 33.7 Å². The van der Waals surface area contributed by atoms with E-state index in [0.717, 1.165) is 46.5 Å². The minimum atomic E-state index is -0.738. The Morgan fingerprint density at radius 2 is 1.60 bits per heavy atom. The van der Waals surface area contributed by atoms with Gasteiger partial charge in [0.2, 0.25) is 5.82 Å². The fourth-order valence-electron chi connectivity index (χ4n) is 5.69. The highest BCUT2D eigenvalue weighted by molar-refractivity contribution is 5.80. The molecule has 1 unspecified atom stereocenters. The average molecular weight is 605 g/mol. The first kappa shape index (κ1) is 29.9. The van der Waals surface area contributed by atoms with Crippen molar-refractivity contribution in [1.29, 1.82) is 0 Å². The maximum atomic E-state index is 14.1. The van der Waals surface area contributed by atoms with Gasteiger partial charge >= 0.3 is 5.69 Å². The van der Waals surface area contributed by atoms with Crippen molar-refractivity contribution in [2.24, 2.45) is 0 Å². The summed E-state index contributed by atoms with van der Waals surface area (Å²) in [5.41, 5.74) is 4.97. The number of hydrogen-bond donors (Lipinski definition) is 1. The van der Waals surface area contributed by atoms with Crippen LogP contribution in [0.2, 0.25) is 0 Å². The molecule has 0 aliphatic rings. The van der Waals surface area contributed by atoms with E-state index in [1.54, 1.807) is 11.5 Å². The SMILES string of the molecule is CCCCc1nc2c(c(=O)n(C(C)OC)c(=O)n2CCc2ccccc2)n1Cc1ccc(-c2ccccc2-c2nn[nH]n2)cc1. The van der Waals surface area contributed by atoms with Crippen molar-refractivity contribution in [3.8, 4) is 22.5 Å². The van der Waals surface area contributed by atoms with E-state index in [0.29, 0.717) is 42.9 Å². The molecule has 0 aliphatic heterocycles. The summed E-state index contributed by atoms with van der Waals surface area (Å²) in [5.74, 6) is 1.31. The lowest BCUT2D eigenvalue weighted by Gasteiger charge is -2.17. The number of ether oxygens (including phenoxy) is 1. The molecule has 3 aromatic carbocycles. The number of fused-ring (bicyclic) bond motifs is 1. The Bertz CT molecular complexity index is 2010. The first-order chi connectivity index (χ1) is 22.0. The van der Waals surface area contributed by atoms with Crippen LogP contribution in [0.1, 0.15) is 49.9 Å². The van der Waals surface area contributed by atoms with Gasteiger partial charge in [-0.25, -0.2) is 14.3 Å². The maximum absolute atomic E-state index is 14.1. The summed E-state index contributed by atoms with van der Waals surface area (Å²) in [5, 5.41) is 14.5. The number of unbranched alkanes of at least 4 members (excludes halogenated alkanes) is 1. The molecule has 0 fully saturated rings. The van der Waals surface area contributed by atoms with Gasteiger partial charge in [0.05, 0.1) is 0 Å². The molecule has 0 saturated heterocycles. The molecule has 0 aliphatic carbocycles. The molecule has 230 valence electrons. The summed E-state index contributed by atoms with van der Waals surface area (Å²) in [6.07, 6.45) is 2.46. The molecule has 6 aromatic rings. The number of hydrogen-bond acceptors (Lipinski definition) is 7. The van der Waals surface area contributed by atoms with Crippen LogP contribution < -0.4 is 11.2 Å². The van der Waals surface area contributed by atoms with Crippen molar-refractivity contribution in [3.05, 3.63) is 117 Å². The quantitative estimate of drug-likeness (QED) is 0.208. The summed E-state index contributed by atoms with van der Waals surface area (Å²) in [6.45, 7) is 4.64. The first-order valence-electron chi connectivity index (χ1n) is 15.2. The molecule has 0 saturated carbocycles. The molecule has 11 nitrogen and oxygen atoms in total. The smallest absolute Gasteiger partial charge is 0.334 e.